The summed E-state index contributed by atoms with van der Waals surface area (Å²) in [6, 6.07) is 0. The molecule has 22 heavy (non-hydrogen) atoms. The Balaban J connectivity index is 1.96. The fourth-order valence-electron chi connectivity index (χ4n) is 2.62. The fraction of sp³-hybridized carbons (Fsp3) is 0.583. The van der Waals surface area contributed by atoms with Crippen LogP contribution in [0.15, 0.2) is 0 Å². The number of aromatic nitrogens is 4. The molecule has 0 bridgehead atoms. The number of fused-ring (bicyclic) bond motifs is 1. The molecule has 0 aromatic carbocycles. The van der Waals surface area contributed by atoms with Gasteiger partial charge in [-0.2, -0.15) is 14.3 Å². The van der Waals surface area contributed by atoms with E-state index in [1.807, 2.05) is 23.4 Å². The highest BCUT2D eigenvalue weighted by Gasteiger charge is 2.26. The van der Waals surface area contributed by atoms with Crippen molar-refractivity contribution >= 4 is 33.0 Å². The van der Waals surface area contributed by atoms with Crippen molar-refractivity contribution in [3.63, 3.8) is 0 Å². The number of rotatable bonds is 2. The predicted octanol–water partition coefficient (Wildman–Crippen LogP) is -0.664. The Bertz CT molecular complexity index is 822. The highest BCUT2D eigenvalue weighted by Crippen LogP contribution is 2.25. The van der Waals surface area contributed by atoms with E-state index in [1.165, 1.54) is 10.6 Å². The van der Waals surface area contributed by atoms with Crippen LogP contribution in [0.4, 0.5) is 11.8 Å². The molecule has 0 saturated carbocycles. The third-order valence-electron chi connectivity index (χ3n) is 3.95. The molecule has 0 aliphatic carbocycles. The molecule has 0 unspecified atom stereocenters. The summed E-state index contributed by atoms with van der Waals surface area (Å²) < 4.78 is 26.5. The number of nitrogens with zero attached hydrogens (tertiary/aromatic N) is 6. The number of hydrogen-bond acceptors (Lipinski definition) is 7. The normalized spacial score (nSPS) is 17.3. The molecule has 1 aliphatic heterocycles. The van der Waals surface area contributed by atoms with Crippen molar-refractivity contribution in [1.82, 2.24) is 23.8 Å². The van der Waals surface area contributed by atoms with E-state index in [-0.39, 0.29) is 5.95 Å². The minimum Gasteiger partial charge on any atom is -0.368 e. The van der Waals surface area contributed by atoms with Gasteiger partial charge in [0.2, 0.25) is 16.0 Å². The Hall–Kier alpha value is -1.94. The molecular formula is C12H19N7O2S. The Morgan fingerprint density at radius 1 is 1.09 bits per heavy atom. The zero-order chi connectivity index (χ0) is 16.1. The molecule has 1 fully saturated rings. The maximum atomic E-state index is 11.6. The topological polar surface area (TPSA) is 110 Å². The average molecular weight is 325 g/mol. The van der Waals surface area contributed by atoms with Gasteiger partial charge in [-0.25, -0.2) is 13.4 Å². The van der Waals surface area contributed by atoms with Gasteiger partial charge in [-0.15, -0.1) is 0 Å². The summed E-state index contributed by atoms with van der Waals surface area (Å²) in [5.41, 5.74) is 7.19. The second kappa shape index (κ2) is 5.06. The zero-order valence-electron chi connectivity index (χ0n) is 12.8. The van der Waals surface area contributed by atoms with Crippen LogP contribution in [-0.2, 0) is 17.1 Å². The third-order valence-corrected chi connectivity index (χ3v) is 5.25. The quantitative estimate of drug-likeness (QED) is 0.780. The molecule has 1 aliphatic rings. The van der Waals surface area contributed by atoms with E-state index in [4.69, 9.17) is 5.73 Å². The first-order chi connectivity index (χ1) is 10.3. The number of sulfonamides is 1. The smallest absolute Gasteiger partial charge is 0.224 e. The first kappa shape index (κ1) is 15.0. The molecule has 120 valence electrons. The van der Waals surface area contributed by atoms with Crippen LogP contribution >= 0.6 is 0 Å². The molecule has 9 nitrogen and oxygen atoms in total. The monoisotopic (exact) mass is 325 g/mol. The minimum absolute atomic E-state index is 0.191. The summed E-state index contributed by atoms with van der Waals surface area (Å²) in [7, 11) is -1.28. The van der Waals surface area contributed by atoms with Gasteiger partial charge in [0.15, 0.2) is 17.0 Å². The van der Waals surface area contributed by atoms with Crippen LogP contribution in [0.25, 0.3) is 11.2 Å². The van der Waals surface area contributed by atoms with Gasteiger partial charge in [0.05, 0.1) is 6.26 Å². The van der Waals surface area contributed by atoms with Crippen LogP contribution in [0, 0.1) is 6.92 Å². The number of aryl methyl sites for hydroxylation is 2. The standard InChI is InChI=1S/C12H19N7O2S/c1-8-14-9-10(17(8)2)15-12(13)16-11(9)18-4-6-19(7-5-18)22(3,20)21/h4-7H2,1-3H3,(H2,13,15,16). The van der Waals surface area contributed by atoms with Crippen LogP contribution in [-0.4, -0.2) is 64.7 Å². The second-order valence-corrected chi connectivity index (χ2v) is 7.43. The molecule has 0 spiro atoms. The van der Waals surface area contributed by atoms with Crippen LogP contribution in [0.3, 0.4) is 0 Å². The summed E-state index contributed by atoms with van der Waals surface area (Å²) in [4.78, 5) is 15.1. The lowest BCUT2D eigenvalue weighted by Gasteiger charge is -2.33. The van der Waals surface area contributed by atoms with Gasteiger partial charge in [0, 0.05) is 33.2 Å². The van der Waals surface area contributed by atoms with E-state index in [0.717, 1.165) is 5.82 Å². The number of hydrogen-bond donors (Lipinski definition) is 1. The molecule has 0 radical (unpaired) electrons. The Morgan fingerprint density at radius 2 is 1.73 bits per heavy atom. The minimum atomic E-state index is -3.16. The molecule has 0 atom stereocenters. The fourth-order valence-corrected chi connectivity index (χ4v) is 3.45. The number of imidazole rings is 1. The third kappa shape index (κ3) is 2.48. The lowest BCUT2D eigenvalue weighted by molar-refractivity contribution is 0.387. The number of piperazine rings is 1. The second-order valence-electron chi connectivity index (χ2n) is 5.44. The molecular weight excluding hydrogens is 306 g/mol. The van der Waals surface area contributed by atoms with E-state index >= 15 is 0 Å². The maximum absolute atomic E-state index is 11.6. The number of nitrogens with two attached hydrogens (primary N) is 1. The van der Waals surface area contributed by atoms with Gasteiger partial charge in [-0.05, 0) is 6.92 Å². The summed E-state index contributed by atoms with van der Waals surface area (Å²) in [5, 5.41) is 0. The van der Waals surface area contributed by atoms with E-state index in [9.17, 15) is 8.42 Å². The molecule has 2 aromatic heterocycles. The molecule has 2 N–H and O–H groups in total. The lowest BCUT2D eigenvalue weighted by atomic mass is 10.3. The van der Waals surface area contributed by atoms with E-state index in [2.05, 4.69) is 15.0 Å². The molecule has 3 rings (SSSR count). The average Bonchev–Trinajstić information content (AvgIpc) is 2.73. The molecule has 0 amide bonds. The van der Waals surface area contributed by atoms with Crippen molar-refractivity contribution in [2.75, 3.05) is 43.1 Å². The Kier molecular flexibility index (Phi) is 3.44. The van der Waals surface area contributed by atoms with Crippen molar-refractivity contribution in [2.24, 2.45) is 7.05 Å². The summed E-state index contributed by atoms with van der Waals surface area (Å²) in [6.07, 6.45) is 1.23. The van der Waals surface area contributed by atoms with Gasteiger partial charge < -0.3 is 15.2 Å². The Morgan fingerprint density at radius 3 is 2.32 bits per heavy atom. The van der Waals surface area contributed by atoms with Gasteiger partial charge in [0.25, 0.3) is 0 Å². The summed E-state index contributed by atoms with van der Waals surface area (Å²) in [6.45, 7) is 3.85. The molecule has 3 heterocycles. The van der Waals surface area contributed by atoms with E-state index < -0.39 is 10.0 Å². The predicted molar refractivity (Wildman–Crippen MR) is 84.1 cm³/mol. The highest BCUT2D eigenvalue weighted by molar-refractivity contribution is 7.88. The van der Waals surface area contributed by atoms with Crippen LogP contribution in [0.1, 0.15) is 5.82 Å². The van der Waals surface area contributed by atoms with Gasteiger partial charge in [-0.3, -0.25) is 0 Å². The SMILES string of the molecule is Cc1nc2c(N3CCN(S(C)(=O)=O)CC3)nc(N)nc2n1C. The maximum Gasteiger partial charge on any atom is 0.224 e. The Labute approximate surface area is 128 Å². The van der Waals surface area contributed by atoms with E-state index in [1.54, 1.807) is 0 Å². The first-order valence-corrected chi connectivity index (χ1v) is 8.79. The molecule has 10 heteroatoms. The van der Waals surface area contributed by atoms with Crippen LogP contribution < -0.4 is 10.6 Å². The molecule has 2 aromatic rings. The highest BCUT2D eigenvalue weighted by atomic mass is 32.2. The largest absolute Gasteiger partial charge is 0.368 e. The van der Waals surface area contributed by atoms with Gasteiger partial charge in [-0.1, -0.05) is 0 Å². The van der Waals surface area contributed by atoms with Crippen molar-refractivity contribution in [1.29, 1.82) is 0 Å². The zero-order valence-corrected chi connectivity index (χ0v) is 13.6. The van der Waals surface area contributed by atoms with Crippen molar-refractivity contribution in [3.05, 3.63) is 5.82 Å². The van der Waals surface area contributed by atoms with Gasteiger partial charge in [0.1, 0.15) is 5.82 Å². The lowest BCUT2D eigenvalue weighted by Crippen LogP contribution is -2.48. The number of anilines is 2. The summed E-state index contributed by atoms with van der Waals surface area (Å²) >= 11 is 0. The van der Waals surface area contributed by atoms with Crippen LogP contribution in [0.2, 0.25) is 0 Å². The van der Waals surface area contributed by atoms with E-state index in [0.29, 0.717) is 43.2 Å². The summed E-state index contributed by atoms with van der Waals surface area (Å²) in [5.74, 6) is 1.68. The first-order valence-electron chi connectivity index (χ1n) is 6.94. The number of nitrogen functional groups attached to an aromatic ring is 1. The van der Waals surface area contributed by atoms with Gasteiger partial charge >= 0.3 is 0 Å². The molecule has 1 saturated heterocycles. The van der Waals surface area contributed by atoms with Crippen molar-refractivity contribution in [3.8, 4) is 0 Å². The van der Waals surface area contributed by atoms with Crippen LogP contribution in [0.5, 0.6) is 0 Å². The van der Waals surface area contributed by atoms with Crippen molar-refractivity contribution in [2.45, 2.75) is 6.92 Å². The van der Waals surface area contributed by atoms with Crippen molar-refractivity contribution < 1.29 is 8.42 Å².